The molecular weight excluding hydrogens is 270 g/mol. The van der Waals surface area contributed by atoms with Crippen molar-refractivity contribution in [3.63, 3.8) is 0 Å². The minimum atomic E-state index is -0.386. The number of nitriles is 1. The Morgan fingerprint density at radius 1 is 1.50 bits per heavy atom. The number of primary amides is 1. The largest absolute Gasteiger partial charge is 0.368 e. The van der Waals surface area contributed by atoms with Crippen LogP contribution in [-0.2, 0) is 4.79 Å². The van der Waals surface area contributed by atoms with Gasteiger partial charge in [0.25, 0.3) is 0 Å². The normalized spacial score (nSPS) is 10.3. The molecule has 1 amide bonds. The lowest BCUT2D eigenvalue weighted by atomic mass is 10.1. The van der Waals surface area contributed by atoms with Gasteiger partial charge in [-0.25, -0.2) is 0 Å². The molecule has 0 atom stereocenters. The fraction of sp³-hybridized carbons (Fsp3) is 0.467. The smallest absolute Gasteiger partial charge is 0.236 e. The number of anilines is 1. The monoisotopic (exact) mass is 291 g/mol. The number of amides is 1. The van der Waals surface area contributed by atoms with Gasteiger partial charge in [-0.1, -0.05) is 26.8 Å². The van der Waals surface area contributed by atoms with Gasteiger partial charge in [-0.2, -0.15) is 5.26 Å². The predicted molar refractivity (Wildman–Crippen MR) is 83.8 cm³/mol. The van der Waals surface area contributed by atoms with E-state index < -0.39 is 0 Å². The maximum Gasteiger partial charge on any atom is 0.236 e. The molecule has 0 aliphatic rings. The van der Waals surface area contributed by atoms with Crippen molar-refractivity contribution < 1.29 is 4.79 Å². The Morgan fingerprint density at radius 2 is 2.20 bits per heavy atom. The Hall–Kier alpha value is -1.67. The fourth-order valence-electron chi connectivity index (χ4n) is 2.05. The molecule has 0 unspecified atom stereocenters. The van der Waals surface area contributed by atoms with Gasteiger partial charge < -0.3 is 10.6 Å². The van der Waals surface area contributed by atoms with Crippen molar-refractivity contribution in [3.05, 3.63) is 23.8 Å². The molecule has 1 aromatic carbocycles. The molecule has 0 aromatic heterocycles. The van der Waals surface area contributed by atoms with Crippen molar-refractivity contribution in [2.75, 3.05) is 23.7 Å². The molecular formula is C15H21N3OS. The number of hydrogen-bond acceptors (Lipinski definition) is 4. The Bertz CT molecular complexity index is 508. The summed E-state index contributed by atoms with van der Waals surface area (Å²) in [5.74, 6) is 0.893. The van der Waals surface area contributed by atoms with E-state index in [-0.39, 0.29) is 12.5 Å². The second-order valence-electron chi connectivity index (χ2n) is 4.94. The summed E-state index contributed by atoms with van der Waals surface area (Å²) in [6.45, 7) is 7.02. The quantitative estimate of drug-likeness (QED) is 0.784. The number of rotatable bonds is 7. The van der Waals surface area contributed by atoms with Crippen molar-refractivity contribution in [3.8, 4) is 6.07 Å². The SMILES string of the molecule is CCSc1cccc(N(CC(N)=O)CC(C)C)c1C#N. The van der Waals surface area contributed by atoms with Crippen molar-refractivity contribution in [2.45, 2.75) is 25.7 Å². The van der Waals surface area contributed by atoms with Crippen LogP contribution in [0.4, 0.5) is 5.69 Å². The molecule has 0 radical (unpaired) electrons. The predicted octanol–water partition coefficient (Wildman–Crippen LogP) is 2.62. The average molecular weight is 291 g/mol. The summed E-state index contributed by atoms with van der Waals surface area (Å²) >= 11 is 1.63. The third-order valence-corrected chi connectivity index (χ3v) is 3.63. The molecule has 5 heteroatoms. The zero-order valence-electron chi connectivity index (χ0n) is 12.2. The summed E-state index contributed by atoms with van der Waals surface area (Å²) in [5.41, 5.74) is 6.74. The molecule has 2 N–H and O–H groups in total. The third kappa shape index (κ3) is 4.46. The van der Waals surface area contributed by atoms with Crippen molar-refractivity contribution in [1.82, 2.24) is 0 Å². The van der Waals surface area contributed by atoms with Crippen LogP contribution in [0.25, 0.3) is 0 Å². The van der Waals surface area contributed by atoms with Gasteiger partial charge >= 0.3 is 0 Å². The Balaban J connectivity index is 3.21. The van der Waals surface area contributed by atoms with Crippen molar-refractivity contribution in [1.29, 1.82) is 5.26 Å². The lowest BCUT2D eigenvalue weighted by Crippen LogP contribution is -2.36. The van der Waals surface area contributed by atoms with Crippen LogP contribution in [0, 0.1) is 17.2 Å². The van der Waals surface area contributed by atoms with Crippen LogP contribution in [0.2, 0.25) is 0 Å². The van der Waals surface area contributed by atoms with E-state index in [0.29, 0.717) is 18.0 Å². The first kappa shape index (κ1) is 16.4. The van der Waals surface area contributed by atoms with Gasteiger partial charge in [0, 0.05) is 11.4 Å². The lowest BCUT2D eigenvalue weighted by molar-refractivity contribution is -0.116. The second kappa shape index (κ2) is 7.81. The van der Waals surface area contributed by atoms with Gasteiger partial charge in [-0.05, 0) is 23.8 Å². The van der Waals surface area contributed by atoms with Gasteiger partial charge in [-0.3, -0.25) is 4.79 Å². The number of nitrogens with zero attached hydrogens (tertiary/aromatic N) is 2. The molecule has 0 aliphatic carbocycles. The topological polar surface area (TPSA) is 70.1 Å². The molecule has 0 spiro atoms. The molecule has 108 valence electrons. The van der Waals surface area contributed by atoms with Crippen LogP contribution in [0.1, 0.15) is 26.3 Å². The number of carbonyl (C=O) groups is 1. The third-order valence-electron chi connectivity index (χ3n) is 2.69. The number of hydrogen-bond donors (Lipinski definition) is 1. The minimum Gasteiger partial charge on any atom is -0.368 e. The molecule has 0 fully saturated rings. The van der Waals surface area contributed by atoms with Gasteiger partial charge in [-0.15, -0.1) is 11.8 Å². The maximum atomic E-state index is 11.3. The van der Waals surface area contributed by atoms with Crippen LogP contribution in [0.3, 0.4) is 0 Å². The van der Waals surface area contributed by atoms with E-state index >= 15 is 0 Å². The Kier molecular flexibility index (Phi) is 6.40. The summed E-state index contributed by atoms with van der Waals surface area (Å²) in [6.07, 6.45) is 0. The molecule has 0 saturated carbocycles. The number of carbonyl (C=O) groups excluding carboxylic acids is 1. The fourth-order valence-corrected chi connectivity index (χ4v) is 2.83. The standard InChI is InChI=1S/C15H21N3OS/c1-4-20-14-7-5-6-13(12(14)8-16)18(9-11(2)3)10-15(17)19/h5-7,11H,4,9-10H2,1-3H3,(H2,17,19). The van der Waals surface area contributed by atoms with Crippen molar-refractivity contribution >= 4 is 23.4 Å². The number of nitrogens with two attached hydrogens (primary N) is 1. The van der Waals surface area contributed by atoms with E-state index in [0.717, 1.165) is 16.3 Å². The second-order valence-corrected chi connectivity index (χ2v) is 6.24. The zero-order chi connectivity index (χ0) is 15.1. The molecule has 20 heavy (non-hydrogen) atoms. The van der Waals surface area contributed by atoms with Crippen LogP contribution in [0.15, 0.2) is 23.1 Å². The molecule has 0 heterocycles. The molecule has 4 nitrogen and oxygen atoms in total. The van der Waals surface area contributed by atoms with Gasteiger partial charge in [0.05, 0.1) is 17.8 Å². The van der Waals surface area contributed by atoms with E-state index in [2.05, 4.69) is 19.9 Å². The van der Waals surface area contributed by atoms with Gasteiger partial charge in [0.1, 0.15) is 6.07 Å². The highest BCUT2D eigenvalue weighted by atomic mass is 32.2. The van der Waals surface area contributed by atoms with Crippen LogP contribution < -0.4 is 10.6 Å². The number of benzene rings is 1. The first-order valence-electron chi connectivity index (χ1n) is 6.68. The van der Waals surface area contributed by atoms with E-state index in [1.165, 1.54) is 0 Å². The summed E-state index contributed by atoms with van der Waals surface area (Å²) < 4.78 is 0. The highest BCUT2D eigenvalue weighted by Gasteiger charge is 2.17. The summed E-state index contributed by atoms with van der Waals surface area (Å²) in [7, 11) is 0. The van der Waals surface area contributed by atoms with Gasteiger partial charge in [0.15, 0.2) is 0 Å². The first-order chi connectivity index (χ1) is 9.49. The van der Waals surface area contributed by atoms with E-state index in [4.69, 9.17) is 5.73 Å². The average Bonchev–Trinajstić information content (AvgIpc) is 2.37. The van der Waals surface area contributed by atoms with E-state index in [9.17, 15) is 10.1 Å². The molecule has 0 saturated heterocycles. The Morgan fingerprint density at radius 3 is 2.70 bits per heavy atom. The van der Waals surface area contributed by atoms with Gasteiger partial charge in [0.2, 0.25) is 5.91 Å². The molecule has 1 aromatic rings. The summed E-state index contributed by atoms with van der Waals surface area (Å²) in [5, 5.41) is 9.44. The van der Waals surface area contributed by atoms with Crippen LogP contribution >= 0.6 is 11.8 Å². The molecule has 0 aliphatic heterocycles. The lowest BCUT2D eigenvalue weighted by Gasteiger charge is -2.26. The highest BCUT2D eigenvalue weighted by Crippen LogP contribution is 2.30. The summed E-state index contributed by atoms with van der Waals surface area (Å²) in [4.78, 5) is 14.1. The molecule has 1 rings (SSSR count). The molecule has 0 bridgehead atoms. The van der Waals surface area contributed by atoms with Crippen LogP contribution in [0.5, 0.6) is 0 Å². The Labute approximate surface area is 124 Å². The highest BCUT2D eigenvalue weighted by molar-refractivity contribution is 7.99. The minimum absolute atomic E-state index is 0.132. The van der Waals surface area contributed by atoms with E-state index in [1.54, 1.807) is 11.8 Å². The number of thioether (sulfide) groups is 1. The van der Waals surface area contributed by atoms with E-state index in [1.807, 2.05) is 30.0 Å². The summed E-state index contributed by atoms with van der Waals surface area (Å²) in [6, 6.07) is 8.00. The van der Waals surface area contributed by atoms with Crippen LogP contribution in [-0.4, -0.2) is 24.7 Å². The maximum absolute atomic E-state index is 11.3. The van der Waals surface area contributed by atoms with Crippen molar-refractivity contribution in [2.24, 2.45) is 11.7 Å². The first-order valence-corrected chi connectivity index (χ1v) is 7.67. The zero-order valence-corrected chi connectivity index (χ0v) is 13.0.